The highest BCUT2D eigenvalue weighted by atomic mass is 79.9. The van der Waals surface area contributed by atoms with Crippen LogP contribution in [0.4, 0.5) is 11.4 Å². The molecule has 0 bridgehead atoms. The number of hydrogen-bond acceptors (Lipinski definition) is 4. The zero-order valence-corrected chi connectivity index (χ0v) is 18.2. The Morgan fingerprint density at radius 3 is 2.54 bits per heavy atom. The number of aliphatic imine (C=N–C) groups is 1. The van der Waals surface area contributed by atoms with E-state index in [1.165, 1.54) is 12.1 Å². The minimum Gasteiger partial charge on any atom is -0.487 e. The fourth-order valence-electron chi connectivity index (χ4n) is 2.42. The third-order valence-electron chi connectivity index (χ3n) is 3.72. The van der Waals surface area contributed by atoms with Gasteiger partial charge in [0.2, 0.25) is 0 Å². The standard InChI is InChI=1S/C20H13Br2ClN2O3/c21-15-9-14(11-24-17-4-6-18(7-5-17)25(26)27)20(19(22)10-15)28-12-13-2-1-3-16(23)8-13/h1-11H,12H2. The molecular weight excluding hydrogens is 511 g/mol. The van der Waals surface area contributed by atoms with Gasteiger partial charge >= 0.3 is 0 Å². The Kier molecular flexibility index (Phi) is 6.83. The third-order valence-corrected chi connectivity index (χ3v) is 5.00. The Bertz CT molecular complexity index is 1040. The van der Waals surface area contributed by atoms with Gasteiger partial charge in [-0.1, -0.05) is 39.7 Å². The minimum absolute atomic E-state index is 0.0229. The fourth-order valence-corrected chi connectivity index (χ4v) is 4.00. The molecule has 0 saturated carbocycles. The molecule has 8 heteroatoms. The van der Waals surface area contributed by atoms with Crippen molar-refractivity contribution in [1.82, 2.24) is 0 Å². The van der Waals surface area contributed by atoms with Crippen LogP contribution in [0.1, 0.15) is 11.1 Å². The quantitative estimate of drug-likeness (QED) is 0.196. The summed E-state index contributed by atoms with van der Waals surface area (Å²) in [4.78, 5) is 14.7. The van der Waals surface area contributed by atoms with Gasteiger partial charge in [0, 0.05) is 33.4 Å². The molecule has 0 aromatic heterocycles. The van der Waals surface area contributed by atoms with Gasteiger partial charge in [-0.15, -0.1) is 0 Å². The predicted octanol–water partition coefficient (Wildman–Crippen LogP) is 7.10. The van der Waals surface area contributed by atoms with Gasteiger partial charge in [-0.05, 0) is 57.9 Å². The number of rotatable bonds is 6. The van der Waals surface area contributed by atoms with E-state index in [0.717, 1.165) is 20.1 Å². The van der Waals surface area contributed by atoms with Gasteiger partial charge in [0.05, 0.1) is 15.1 Å². The maximum atomic E-state index is 10.8. The maximum Gasteiger partial charge on any atom is 0.269 e. The van der Waals surface area contributed by atoms with Crippen molar-refractivity contribution in [2.24, 2.45) is 4.99 Å². The van der Waals surface area contributed by atoms with Crippen LogP contribution < -0.4 is 4.74 Å². The van der Waals surface area contributed by atoms with Crippen LogP contribution in [-0.2, 0) is 6.61 Å². The van der Waals surface area contributed by atoms with E-state index in [1.807, 2.05) is 36.4 Å². The van der Waals surface area contributed by atoms with Crippen molar-refractivity contribution in [2.75, 3.05) is 0 Å². The average Bonchev–Trinajstić information content (AvgIpc) is 2.65. The van der Waals surface area contributed by atoms with E-state index in [1.54, 1.807) is 18.3 Å². The number of hydrogen-bond donors (Lipinski definition) is 0. The van der Waals surface area contributed by atoms with E-state index in [0.29, 0.717) is 23.1 Å². The van der Waals surface area contributed by atoms with E-state index in [4.69, 9.17) is 16.3 Å². The lowest BCUT2D eigenvalue weighted by atomic mass is 10.2. The van der Waals surface area contributed by atoms with Gasteiger partial charge in [0.1, 0.15) is 12.4 Å². The number of ether oxygens (including phenoxy) is 1. The number of non-ortho nitro benzene ring substituents is 1. The van der Waals surface area contributed by atoms with E-state index >= 15 is 0 Å². The molecule has 0 fully saturated rings. The third kappa shape index (κ3) is 5.41. The highest BCUT2D eigenvalue weighted by Crippen LogP contribution is 2.33. The summed E-state index contributed by atoms with van der Waals surface area (Å²) in [5, 5.41) is 11.4. The molecule has 28 heavy (non-hydrogen) atoms. The molecular formula is C20H13Br2ClN2O3. The Balaban J connectivity index is 1.84. The molecule has 0 amide bonds. The van der Waals surface area contributed by atoms with Crippen LogP contribution in [0.25, 0.3) is 0 Å². The minimum atomic E-state index is -0.444. The highest BCUT2D eigenvalue weighted by molar-refractivity contribution is 9.11. The molecule has 0 N–H and O–H groups in total. The van der Waals surface area contributed by atoms with E-state index < -0.39 is 4.92 Å². The summed E-state index contributed by atoms with van der Waals surface area (Å²) < 4.78 is 7.63. The molecule has 0 aliphatic rings. The van der Waals surface area contributed by atoms with Gasteiger partial charge in [-0.25, -0.2) is 0 Å². The van der Waals surface area contributed by atoms with Crippen molar-refractivity contribution in [2.45, 2.75) is 6.61 Å². The number of nitrogens with zero attached hydrogens (tertiary/aromatic N) is 2. The smallest absolute Gasteiger partial charge is 0.269 e. The van der Waals surface area contributed by atoms with Gasteiger partial charge in [-0.2, -0.15) is 0 Å². The normalized spacial score (nSPS) is 11.0. The summed E-state index contributed by atoms with van der Waals surface area (Å²) in [6.07, 6.45) is 1.66. The zero-order chi connectivity index (χ0) is 20.1. The first-order valence-electron chi connectivity index (χ1n) is 8.07. The van der Waals surface area contributed by atoms with Crippen molar-refractivity contribution >= 4 is 61.1 Å². The Morgan fingerprint density at radius 1 is 1.11 bits per heavy atom. The van der Waals surface area contributed by atoms with Gasteiger partial charge in [0.15, 0.2) is 0 Å². The monoisotopic (exact) mass is 522 g/mol. The molecule has 3 rings (SSSR count). The summed E-state index contributed by atoms with van der Waals surface area (Å²) in [6, 6.07) is 17.2. The summed E-state index contributed by atoms with van der Waals surface area (Å²) in [5.41, 5.74) is 2.32. The summed E-state index contributed by atoms with van der Waals surface area (Å²) in [7, 11) is 0. The van der Waals surface area contributed by atoms with E-state index in [9.17, 15) is 10.1 Å². The number of benzene rings is 3. The molecule has 0 atom stereocenters. The van der Waals surface area contributed by atoms with Crippen LogP contribution in [0.3, 0.4) is 0 Å². The topological polar surface area (TPSA) is 64.7 Å². The molecule has 0 unspecified atom stereocenters. The Labute approximate surface area is 183 Å². The molecule has 3 aromatic carbocycles. The second-order valence-corrected chi connectivity index (χ2v) is 7.96. The second kappa shape index (κ2) is 9.32. The van der Waals surface area contributed by atoms with Crippen molar-refractivity contribution in [3.63, 3.8) is 0 Å². The van der Waals surface area contributed by atoms with Crippen LogP contribution in [0.5, 0.6) is 5.75 Å². The fraction of sp³-hybridized carbons (Fsp3) is 0.0500. The lowest BCUT2D eigenvalue weighted by Gasteiger charge is -2.12. The molecule has 5 nitrogen and oxygen atoms in total. The van der Waals surface area contributed by atoms with Gasteiger partial charge < -0.3 is 4.74 Å². The van der Waals surface area contributed by atoms with Gasteiger partial charge in [-0.3, -0.25) is 15.1 Å². The molecule has 0 aliphatic carbocycles. The molecule has 0 aliphatic heterocycles. The summed E-state index contributed by atoms with van der Waals surface area (Å²) >= 11 is 13.0. The maximum absolute atomic E-state index is 10.8. The second-order valence-electron chi connectivity index (χ2n) is 5.76. The Hall–Kier alpha value is -2.22. The van der Waals surface area contributed by atoms with E-state index in [-0.39, 0.29) is 5.69 Å². The summed E-state index contributed by atoms with van der Waals surface area (Å²) in [6.45, 7) is 0.346. The molecule has 3 aromatic rings. The predicted molar refractivity (Wildman–Crippen MR) is 118 cm³/mol. The van der Waals surface area contributed by atoms with Crippen LogP contribution in [0, 0.1) is 10.1 Å². The number of halogens is 3. The first-order chi connectivity index (χ1) is 13.4. The lowest BCUT2D eigenvalue weighted by molar-refractivity contribution is -0.384. The van der Waals surface area contributed by atoms with Crippen LogP contribution in [0.2, 0.25) is 5.02 Å². The SMILES string of the molecule is O=[N+]([O-])c1ccc(N=Cc2cc(Br)cc(Br)c2OCc2cccc(Cl)c2)cc1. The van der Waals surface area contributed by atoms with Crippen LogP contribution >= 0.6 is 43.5 Å². The first kappa shape index (κ1) is 20.5. The van der Waals surface area contributed by atoms with Crippen molar-refractivity contribution in [3.05, 3.63) is 95.9 Å². The first-order valence-corrected chi connectivity index (χ1v) is 10.0. The average molecular weight is 525 g/mol. The molecule has 0 saturated heterocycles. The summed E-state index contributed by atoms with van der Waals surface area (Å²) in [5.74, 6) is 0.633. The van der Waals surface area contributed by atoms with Crippen molar-refractivity contribution in [3.8, 4) is 5.75 Å². The largest absolute Gasteiger partial charge is 0.487 e. The Morgan fingerprint density at radius 2 is 1.86 bits per heavy atom. The molecule has 0 radical (unpaired) electrons. The van der Waals surface area contributed by atoms with Crippen molar-refractivity contribution in [1.29, 1.82) is 0 Å². The highest BCUT2D eigenvalue weighted by Gasteiger charge is 2.10. The van der Waals surface area contributed by atoms with Crippen molar-refractivity contribution < 1.29 is 9.66 Å². The zero-order valence-electron chi connectivity index (χ0n) is 14.3. The number of nitro benzene ring substituents is 1. The molecule has 142 valence electrons. The molecule has 0 spiro atoms. The van der Waals surface area contributed by atoms with Gasteiger partial charge in [0.25, 0.3) is 5.69 Å². The molecule has 0 heterocycles. The van der Waals surface area contributed by atoms with Crippen LogP contribution in [-0.4, -0.2) is 11.1 Å². The lowest BCUT2D eigenvalue weighted by Crippen LogP contribution is -1.99. The van der Waals surface area contributed by atoms with E-state index in [2.05, 4.69) is 36.9 Å². The van der Waals surface area contributed by atoms with Crippen LogP contribution in [0.15, 0.2) is 74.6 Å². The number of nitro groups is 1.